The van der Waals surface area contributed by atoms with Crippen molar-refractivity contribution in [2.45, 2.75) is 30.7 Å². The first-order valence-corrected chi connectivity index (χ1v) is 8.84. The van der Waals surface area contributed by atoms with E-state index >= 15 is 0 Å². The van der Waals surface area contributed by atoms with Crippen LogP contribution in [0, 0.1) is 0 Å². The van der Waals surface area contributed by atoms with Crippen molar-refractivity contribution >= 4 is 31.9 Å². The minimum absolute atomic E-state index is 0.100. The molecule has 0 radical (unpaired) electrons. The molecule has 1 aromatic carbocycles. The topological polar surface area (TPSA) is 89.7 Å². The Morgan fingerprint density at radius 1 is 1.48 bits per heavy atom. The standard InChI is InChI=1S/C13H17BrN2O4S/c1-3-16(9-4-5-9)13(17)8-6-10(14)12(20-2)11(7-8)21(15,18)19/h6-7,9H,3-5H2,1-2H3,(H2,15,18,19). The number of halogens is 1. The Morgan fingerprint density at radius 2 is 2.10 bits per heavy atom. The summed E-state index contributed by atoms with van der Waals surface area (Å²) >= 11 is 3.23. The summed E-state index contributed by atoms with van der Waals surface area (Å²) in [6, 6.07) is 3.08. The summed E-state index contributed by atoms with van der Waals surface area (Å²) in [6.07, 6.45) is 1.97. The molecule has 2 N–H and O–H groups in total. The van der Waals surface area contributed by atoms with Gasteiger partial charge in [0.15, 0.2) is 5.75 Å². The van der Waals surface area contributed by atoms with Crippen LogP contribution in [0.15, 0.2) is 21.5 Å². The lowest BCUT2D eigenvalue weighted by Gasteiger charge is -2.21. The van der Waals surface area contributed by atoms with Gasteiger partial charge in [-0.25, -0.2) is 13.6 Å². The zero-order valence-electron chi connectivity index (χ0n) is 11.8. The van der Waals surface area contributed by atoms with Crippen molar-refractivity contribution in [3.63, 3.8) is 0 Å². The highest BCUT2D eigenvalue weighted by molar-refractivity contribution is 9.10. The van der Waals surface area contributed by atoms with E-state index in [0.717, 1.165) is 12.8 Å². The van der Waals surface area contributed by atoms with Crippen LogP contribution in [0.4, 0.5) is 0 Å². The lowest BCUT2D eigenvalue weighted by molar-refractivity contribution is 0.0752. The van der Waals surface area contributed by atoms with E-state index in [0.29, 0.717) is 11.0 Å². The SMILES string of the molecule is CCN(C(=O)c1cc(Br)c(OC)c(S(N)(=O)=O)c1)C1CC1. The van der Waals surface area contributed by atoms with Gasteiger partial charge in [0.2, 0.25) is 10.0 Å². The Kier molecular flexibility index (Phi) is 4.60. The third-order valence-corrected chi connectivity index (χ3v) is 4.86. The fourth-order valence-electron chi connectivity index (χ4n) is 2.22. The van der Waals surface area contributed by atoms with E-state index in [1.165, 1.54) is 13.2 Å². The van der Waals surface area contributed by atoms with E-state index in [2.05, 4.69) is 15.9 Å². The van der Waals surface area contributed by atoms with Crippen LogP contribution >= 0.6 is 15.9 Å². The zero-order chi connectivity index (χ0) is 15.8. The second-order valence-electron chi connectivity index (χ2n) is 4.86. The number of nitrogens with zero attached hydrogens (tertiary/aromatic N) is 1. The smallest absolute Gasteiger partial charge is 0.254 e. The Morgan fingerprint density at radius 3 is 2.52 bits per heavy atom. The Bertz CT molecular complexity index is 671. The lowest BCUT2D eigenvalue weighted by atomic mass is 10.2. The van der Waals surface area contributed by atoms with Crippen molar-refractivity contribution in [3.05, 3.63) is 22.2 Å². The molecule has 2 rings (SSSR count). The van der Waals surface area contributed by atoms with Crippen LogP contribution in [-0.2, 0) is 10.0 Å². The molecule has 0 saturated heterocycles. The summed E-state index contributed by atoms with van der Waals surface area (Å²) < 4.78 is 28.8. The van der Waals surface area contributed by atoms with Crippen LogP contribution in [0.5, 0.6) is 5.75 Å². The molecule has 0 unspecified atom stereocenters. The van der Waals surface area contributed by atoms with Gasteiger partial charge < -0.3 is 9.64 Å². The van der Waals surface area contributed by atoms with Gasteiger partial charge in [0.25, 0.3) is 5.91 Å². The van der Waals surface area contributed by atoms with Gasteiger partial charge in [-0.05, 0) is 47.8 Å². The average Bonchev–Trinajstić information content (AvgIpc) is 3.22. The number of rotatable bonds is 5. The Labute approximate surface area is 132 Å². The quantitative estimate of drug-likeness (QED) is 0.846. The zero-order valence-corrected chi connectivity index (χ0v) is 14.2. The predicted octanol–water partition coefficient (Wildman–Crippen LogP) is 1.73. The maximum Gasteiger partial charge on any atom is 0.254 e. The van der Waals surface area contributed by atoms with Crippen molar-refractivity contribution in [2.75, 3.05) is 13.7 Å². The van der Waals surface area contributed by atoms with E-state index in [1.54, 1.807) is 11.0 Å². The van der Waals surface area contributed by atoms with Crippen molar-refractivity contribution in [3.8, 4) is 5.75 Å². The van der Waals surface area contributed by atoms with Crippen LogP contribution in [0.3, 0.4) is 0 Å². The summed E-state index contributed by atoms with van der Waals surface area (Å²) in [6.45, 7) is 2.48. The first-order valence-electron chi connectivity index (χ1n) is 6.50. The minimum Gasteiger partial charge on any atom is -0.494 e. The number of hydrogen-bond acceptors (Lipinski definition) is 4. The molecule has 1 saturated carbocycles. The highest BCUT2D eigenvalue weighted by Gasteiger charge is 2.33. The van der Waals surface area contributed by atoms with Crippen molar-refractivity contribution in [1.29, 1.82) is 0 Å². The number of benzene rings is 1. The molecule has 0 atom stereocenters. The summed E-state index contributed by atoms with van der Waals surface area (Å²) in [5, 5.41) is 5.20. The van der Waals surface area contributed by atoms with Gasteiger partial charge in [0.05, 0.1) is 11.6 Å². The largest absolute Gasteiger partial charge is 0.494 e. The second kappa shape index (κ2) is 5.94. The molecule has 0 heterocycles. The van der Waals surface area contributed by atoms with Gasteiger partial charge in [-0.2, -0.15) is 0 Å². The maximum atomic E-state index is 12.5. The van der Waals surface area contributed by atoms with Gasteiger partial charge >= 0.3 is 0 Å². The summed E-state index contributed by atoms with van der Waals surface area (Å²) in [4.78, 5) is 14.1. The van der Waals surface area contributed by atoms with Gasteiger partial charge in [-0.3, -0.25) is 4.79 Å². The van der Waals surface area contributed by atoms with Gasteiger partial charge in [-0.15, -0.1) is 0 Å². The highest BCUT2D eigenvalue weighted by atomic mass is 79.9. The number of ether oxygens (including phenoxy) is 1. The molecule has 1 aliphatic carbocycles. The fourth-order valence-corrected chi connectivity index (χ4v) is 3.72. The predicted molar refractivity (Wildman–Crippen MR) is 81.8 cm³/mol. The number of hydrogen-bond donors (Lipinski definition) is 1. The number of primary sulfonamides is 1. The van der Waals surface area contributed by atoms with E-state index in [9.17, 15) is 13.2 Å². The van der Waals surface area contributed by atoms with E-state index < -0.39 is 10.0 Å². The highest BCUT2D eigenvalue weighted by Crippen LogP contribution is 2.35. The molecule has 0 spiro atoms. The summed E-state index contributed by atoms with van der Waals surface area (Å²) in [7, 11) is -2.64. The van der Waals surface area contributed by atoms with E-state index in [-0.39, 0.29) is 28.2 Å². The molecule has 116 valence electrons. The summed E-state index contributed by atoms with van der Waals surface area (Å²) in [5.41, 5.74) is 0.278. The number of methoxy groups -OCH3 is 1. The molecule has 1 fully saturated rings. The van der Waals surface area contributed by atoms with Crippen LogP contribution in [0.1, 0.15) is 30.1 Å². The molecule has 0 aliphatic heterocycles. The van der Waals surface area contributed by atoms with Crippen molar-refractivity contribution in [1.82, 2.24) is 4.90 Å². The van der Waals surface area contributed by atoms with Crippen LogP contribution < -0.4 is 9.88 Å². The number of carbonyl (C=O) groups is 1. The molecule has 0 bridgehead atoms. The summed E-state index contributed by atoms with van der Waals surface area (Å²) in [5.74, 6) is -0.100. The van der Waals surface area contributed by atoms with Crippen LogP contribution in [-0.4, -0.2) is 38.9 Å². The van der Waals surface area contributed by atoms with Crippen LogP contribution in [0.25, 0.3) is 0 Å². The normalized spacial score (nSPS) is 14.9. The molecule has 8 heteroatoms. The Hall–Kier alpha value is -1.12. The average molecular weight is 377 g/mol. The van der Waals surface area contributed by atoms with Crippen LogP contribution in [0.2, 0.25) is 0 Å². The number of nitrogens with two attached hydrogens (primary N) is 1. The van der Waals surface area contributed by atoms with Gasteiger partial charge in [0.1, 0.15) is 4.90 Å². The van der Waals surface area contributed by atoms with Gasteiger partial charge in [-0.1, -0.05) is 0 Å². The molecule has 6 nitrogen and oxygen atoms in total. The molecule has 1 aromatic rings. The van der Waals surface area contributed by atoms with Gasteiger partial charge in [0, 0.05) is 18.2 Å². The third kappa shape index (κ3) is 3.38. The number of amides is 1. The fraction of sp³-hybridized carbons (Fsp3) is 0.462. The van der Waals surface area contributed by atoms with Crippen molar-refractivity contribution < 1.29 is 17.9 Å². The molecule has 0 aromatic heterocycles. The number of sulfonamides is 1. The monoisotopic (exact) mass is 376 g/mol. The molecular weight excluding hydrogens is 360 g/mol. The first kappa shape index (κ1) is 16.3. The molecular formula is C13H17BrN2O4S. The molecule has 21 heavy (non-hydrogen) atoms. The first-order chi connectivity index (χ1) is 9.79. The van der Waals surface area contributed by atoms with E-state index in [4.69, 9.17) is 9.88 Å². The molecule has 1 aliphatic rings. The van der Waals surface area contributed by atoms with Crippen molar-refractivity contribution in [2.24, 2.45) is 5.14 Å². The van der Waals surface area contributed by atoms with E-state index in [1.807, 2.05) is 6.92 Å². The molecule has 1 amide bonds. The third-order valence-electron chi connectivity index (χ3n) is 3.36. The Balaban J connectivity index is 2.50. The second-order valence-corrected chi connectivity index (χ2v) is 7.24. The lowest BCUT2D eigenvalue weighted by Crippen LogP contribution is -2.33. The number of carbonyl (C=O) groups excluding carboxylic acids is 1. The minimum atomic E-state index is -3.99. The maximum absolute atomic E-state index is 12.5.